The van der Waals surface area contributed by atoms with Crippen molar-refractivity contribution in [1.82, 2.24) is 14.8 Å². The van der Waals surface area contributed by atoms with Crippen LogP contribution in [0, 0.1) is 15.5 Å². The van der Waals surface area contributed by atoms with E-state index in [4.69, 9.17) is 0 Å². The first-order valence-corrected chi connectivity index (χ1v) is 7.00. The van der Waals surface area contributed by atoms with Gasteiger partial charge in [-0.15, -0.1) is 0 Å². The maximum Gasteiger partial charge on any atom is 0.269 e. The predicted molar refractivity (Wildman–Crippen MR) is 77.6 cm³/mol. The van der Waals surface area contributed by atoms with Crippen LogP contribution in [0.5, 0.6) is 0 Å². The molecule has 1 aromatic heterocycles. The Balaban J connectivity index is 1.77. The van der Waals surface area contributed by atoms with Gasteiger partial charge >= 0.3 is 0 Å². The largest absolute Gasteiger partial charge is 0.269 e. The molecule has 20 heavy (non-hydrogen) atoms. The van der Waals surface area contributed by atoms with E-state index < -0.39 is 4.92 Å². The summed E-state index contributed by atoms with van der Waals surface area (Å²) < 4.78 is 1.83. The van der Waals surface area contributed by atoms with Crippen LogP contribution in [-0.2, 0) is 6.54 Å². The second-order valence-electron chi connectivity index (χ2n) is 5.23. The minimum atomic E-state index is -0.417. The Bertz CT molecular complexity index is 634. The van der Waals surface area contributed by atoms with Crippen molar-refractivity contribution in [2.45, 2.75) is 19.4 Å². The minimum absolute atomic E-state index is 0.0696. The number of hydrogen-bond acceptors (Lipinski definition) is 5. The Labute approximate surface area is 121 Å². The van der Waals surface area contributed by atoms with Crippen molar-refractivity contribution < 1.29 is 4.92 Å². The van der Waals surface area contributed by atoms with Crippen molar-refractivity contribution in [3.8, 4) is 11.4 Å². The summed E-state index contributed by atoms with van der Waals surface area (Å²) in [4.78, 5) is 14.5. The molecular formula is C13H14N4O2S. The van der Waals surface area contributed by atoms with E-state index in [-0.39, 0.29) is 11.1 Å². The van der Waals surface area contributed by atoms with Gasteiger partial charge in [-0.25, -0.2) is 4.98 Å². The third-order valence-corrected chi connectivity index (χ3v) is 4.33. The Hall–Kier alpha value is -1.89. The van der Waals surface area contributed by atoms with E-state index in [1.165, 1.54) is 25.0 Å². The second-order valence-corrected chi connectivity index (χ2v) is 5.54. The zero-order valence-corrected chi connectivity index (χ0v) is 11.7. The SMILES string of the molecule is O=[N+]([O-])c1ccc(-c2ncn(CC3(CS)CC3)n2)cc1. The van der Waals surface area contributed by atoms with Gasteiger partial charge in [-0.1, -0.05) is 0 Å². The van der Waals surface area contributed by atoms with Crippen LogP contribution in [0.25, 0.3) is 11.4 Å². The predicted octanol–water partition coefficient (Wildman–Crippen LogP) is 2.56. The fraction of sp³-hybridized carbons (Fsp3) is 0.385. The average Bonchev–Trinajstić information content (AvgIpc) is 3.08. The van der Waals surface area contributed by atoms with Crippen LogP contribution in [0.4, 0.5) is 5.69 Å². The zero-order valence-electron chi connectivity index (χ0n) is 10.8. The number of nitro groups is 1. The zero-order chi connectivity index (χ0) is 14.2. The van der Waals surface area contributed by atoms with E-state index >= 15 is 0 Å². The molecule has 104 valence electrons. The highest BCUT2D eigenvalue weighted by atomic mass is 32.1. The molecule has 0 unspecified atom stereocenters. The molecule has 0 N–H and O–H groups in total. The maximum absolute atomic E-state index is 10.6. The summed E-state index contributed by atoms with van der Waals surface area (Å²) in [6, 6.07) is 6.27. The Morgan fingerprint density at radius 3 is 2.60 bits per heavy atom. The molecule has 0 radical (unpaired) electrons. The van der Waals surface area contributed by atoms with Crippen LogP contribution < -0.4 is 0 Å². The summed E-state index contributed by atoms with van der Waals surface area (Å²) >= 11 is 4.38. The molecule has 0 bridgehead atoms. The molecule has 1 aliphatic carbocycles. The smallest absolute Gasteiger partial charge is 0.258 e. The van der Waals surface area contributed by atoms with E-state index in [0.29, 0.717) is 5.82 Å². The number of thiol groups is 1. The number of nitrogens with zero attached hydrogens (tertiary/aromatic N) is 4. The molecule has 1 saturated carbocycles. The fourth-order valence-corrected chi connectivity index (χ4v) is 2.54. The third kappa shape index (κ3) is 2.53. The Morgan fingerprint density at radius 1 is 1.35 bits per heavy atom. The highest BCUT2D eigenvalue weighted by molar-refractivity contribution is 7.80. The molecule has 1 heterocycles. The monoisotopic (exact) mass is 290 g/mol. The molecule has 6 nitrogen and oxygen atoms in total. The lowest BCUT2D eigenvalue weighted by Gasteiger charge is -2.10. The molecule has 0 spiro atoms. The summed E-state index contributed by atoms with van der Waals surface area (Å²) in [5.74, 6) is 1.45. The van der Waals surface area contributed by atoms with Gasteiger partial charge in [-0.3, -0.25) is 14.8 Å². The summed E-state index contributed by atoms with van der Waals surface area (Å²) in [6.07, 6.45) is 4.08. The first-order chi connectivity index (χ1) is 9.62. The number of hydrogen-bond donors (Lipinski definition) is 1. The van der Waals surface area contributed by atoms with Gasteiger partial charge < -0.3 is 0 Å². The molecule has 7 heteroatoms. The van der Waals surface area contributed by atoms with Crippen molar-refractivity contribution in [3.05, 3.63) is 40.7 Å². The van der Waals surface area contributed by atoms with Gasteiger partial charge in [0.25, 0.3) is 5.69 Å². The van der Waals surface area contributed by atoms with E-state index in [1.54, 1.807) is 18.5 Å². The summed E-state index contributed by atoms with van der Waals surface area (Å²) in [5, 5.41) is 15.0. The average molecular weight is 290 g/mol. The molecule has 0 saturated heterocycles. The van der Waals surface area contributed by atoms with Crippen LogP contribution >= 0.6 is 12.6 Å². The van der Waals surface area contributed by atoms with Crippen molar-refractivity contribution in [3.63, 3.8) is 0 Å². The third-order valence-electron chi connectivity index (χ3n) is 3.66. The summed E-state index contributed by atoms with van der Waals surface area (Å²) in [6.45, 7) is 0.830. The van der Waals surface area contributed by atoms with E-state index in [0.717, 1.165) is 17.9 Å². The highest BCUT2D eigenvalue weighted by Gasteiger charge is 2.41. The van der Waals surface area contributed by atoms with Gasteiger partial charge in [0, 0.05) is 24.2 Å². The lowest BCUT2D eigenvalue weighted by molar-refractivity contribution is -0.384. The lowest BCUT2D eigenvalue weighted by atomic mass is 10.1. The molecule has 0 aliphatic heterocycles. The second kappa shape index (κ2) is 4.90. The highest BCUT2D eigenvalue weighted by Crippen LogP contribution is 2.47. The maximum atomic E-state index is 10.6. The quantitative estimate of drug-likeness (QED) is 0.522. The van der Waals surface area contributed by atoms with Gasteiger partial charge in [0.05, 0.1) is 4.92 Å². The van der Waals surface area contributed by atoms with E-state index in [1.807, 2.05) is 4.68 Å². The van der Waals surface area contributed by atoms with E-state index in [2.05, 4.69) is 22.7 Å². The van der Waals surface area contributed by atoms with Gasteiger partial charge in [0.1, 0.15) is 6.33 Å². The molecule has 1 aromatic carbocycles. The first-order valence-electron chi connectivity index (χ1n) is 6.37. The van der Waals surface area contributed by atoms with E-state index in [9.17, 15) is 10.1 Å². The summed E-state index contributed by atoms with van der Waals surface area (Å²) in [5.41, 5.74) is 1.13. The normalized spacial score (nSPS) is 16.1. The number of benzene rings is 1. The van der Waals surface area contributed by atoms with Gasteiger partial charge in [0.15, 0.2) is 5.82 Å². The molecule has 3 rings (SSSR count). The van der Waals surface area contributed by atoms with Crippen molar-refractivity contribution in [1.29, 1.82) is 0 Å². The lowest BCUT2D eigenvalue weighted by Crippen LogP contribution is -2.13. The van der Waals surface area contributed by atoms with Gasteiger partial charge in [0.2, 0.25) is 0 Å². The molecule has 0 atom stereocenters. The number of rotatable bonds is 5. The van der Waals surface area contributed by atoms with Gasteiger partial charge in [-0.2, -0.15) is 17.7 Å². The first kappa shape index (κ1) is 13.1. The van der Waals surface area contributed by atoms with Gasteiger partial charge in [-0.05, 0) is 36.1 Å². The fourth-order valence-electron chi connectivity index (χ4n) is 2.12. The molecular weight excluding hydrogens is 276 g/mol. The number of nitro benzene ring substituents is 1. The van der Waals surface area contributed by atoms with Crippen LogP contribution in [0.2, 0.25) is 0 Å². The Kier molecular flexibility index (Phi) is 3.21. The van der Waals surface area contributed by atoms with Crippen molar-refractivity contribution >= 4 is 18.3 Å². The molecule has 2 aromatic rings. The molecule has 0 amide bonds. The van der Waals surface area contributed by atoms with Crippen molar-refractivity contribution in [2.24, 2.45) is 5.41 Å². The standard InChI is InChI=1S/C13H14N4O2S/c18-17(19)11-3-1-10(2-4-11)12-14-9-16(15-12)7-13(8-20)5-6-13/h1-4,9,20H,5-8H2. The van der Waals surface area contributed by atoms with Crippen LogP contribution in [0.1, 0.15) is 12.8 Å². The van der Waals surface area contributed by atoms with Crippen LogP contribution in [0.15, 0.2) is 30.6 Å². The van der Waals surface area contributed by atoms with Crippen LogP contribution in [0.3, 0.4) is 0 Å². The topological polar surface area (TPSA) is 73.8 Å². The number of non-ortho nitro benzene ring substituents is 1. The van der Waals surface area contributed by atoms with Crippen molar-refractivity contribution in [2.75, 3.05) is 5.75 Å². The molecule has 1 fully saturated rings. The minimum Gasteiger partial charge on any atom is -0.258 e. The molecule has 1 aliphatic rings. The summed E-state index contributed by atoms with van der Waals surface area (Å²) in [7, 11) is 0. The Morgan fingerprint density at radius 2 is 2.05 bits per heavy atom. The van der Waals surface area contributed by atoms with Crippen LogP contribution in [-0.4, -0.2) is 25.4 Å². The number of aromatic nitrogens is 3.